The number of allylic oxidation sites excluding steroid dienone is 1. The quantitative estimate of drug-likeness (QED) is 0.559. The van der Waals surface area contributed by atoms with E-state index in [0.29, 0.717) is 57.4 Å². The maximum absolute atomic E-state index is 13.4. The lowest BCUT2D eigenvalue weighted by atomic mass is 9.93. The summed E-state index contributed by atoms with van der Waals surface area (Å²) in [7, 11) is 0. The Bertz CT molecular complexity index is 1350. The van der Waals surface area contributed by atoms with Crippen LogP contribution in [0.1, 0.15) is 42.1 Å². The molecule has 1 amide bonds. The summed E-state index contributed by atoms with van der Waals surface area (Å²) < 4.78 is 6.98. The minimum atomic E-state index is -0.0676. The summed E-state index contributed by atoms with van der Waals surface area (Å²) in [5, 5.41) is 5.27. The maximum Gasteiger partial charge on any atom is 0.249 e. The lowest BCUT2D eigenvalue weighted by Gasteiger charge is -2.30. The number of amides is 1. The first-order chi connectivity index (χ1) is 17.6. The van der Waals surface area contributed by atoms with Gasteiger partial charge in [-0.25, -0.2) is 4.98 Å². The zero-order valence-corrected chi connectivity index (χ0v) is 20.5. The second-order valence-electron chi connectivity index (χ2n) is 9.83. The lowest BCUT2D eigenvalue weighted by molar-refractivity contribution is -0.130. The predicted octanol–water partition coefficient (Wildman–Crippen LogP) is 3.19. The van der Waals surface area contributed by atoms with E-state index in [1.54, 1.807) is 13.1 Å². The van der Waals surface area contributed by atoms with Crippen LogP contribution >= 0.6 is 0 Å². The summed E-state index contributed by atoms with van der Waals surface area (Å²) >= 11 is 0. The van der Waals surface area contributed by atoms with Gasteiger partial charge in [-0.1, -0.05) is 24.3 Å². The first kappa shape index (κ1) is 22.8. The van der Waals surface area contributed by atoms with Gasteiger partial charge in [0, 0.05) is 45.1 Å². The third-order valence-electron chi connectivity index (χ3n) is 7.52. The molecule has 2 aromatic heterocycles. The number of fused-ring (bicyclic) bond motifs is 2. The Morgan fingerprint density at radius 2 is 1.89 bits per heavy atom. The molecular formula is C27H30N6O3. The molecule has 3 aliphatic rings. The van der Waals surface area contributed by atoms with Crippen LogP contribution in [0, 0.1) is 5.92 Å². The van der Waals surface area contributed by atoms with Crippen molar-refractivity contribution < 1.29 is 14.3 Å². The van der Waals surface area contributed by atoms with Gasteiger partial charge < -0.3 is 14.5 Å². The van der Waals surface area contributed by atoms with Crippen LogP contribution in [0.15, 0.2) is 30.5 Å². The largest absolute Gasteiger partial charge is 0.378 e. The van der Waals surface area contributed by atoms with Crippen LogP contribution in [-0.4, -0.2) is 75.9 Å². The van der Waals surface area contributed by atoms with Crippen LogP contribution in [0.5, 0.6) is 0 Å². The summed E-state index contributed by atoms with van der Waals surface area (Å²) in [4.78, 5) is 38.8. The number of nitrogens with zero attached hydrogens (tertiary/aromatic N) is 6. The van der Waals surface area contributed by atoms with Crippen LogP contribution < -0.4 is 4.90 Å². The number of hydrogen-bond acceptors (Lipinski definition) is 7. The van der Waals surface area contributed by atoms with Gasteiger partial charge in [0.25, 0.3) is 0 Å². The highest BCUT2D eigenvalue weighted by atomic mass is 16.5. The number of likely N-dealkylation sites (tertiary alicyclic amines) is 1. The van der Waals surface area contributed by atoms with Gasteiger partial charge in [-0.05, 0) is 42.4 Å². The number of morpholine rings is 1. The third-order valence-corrected chi connectivity index (χ3v) is 7.52. The Labute approximate surface area is 209 Å². The molecule has 0 atom stereocenters. The predicted molar refractivity (Wildman–Crippen MR) is 137 cm³/mol. The van der Waals surface area contributed by atoms with Crippen molar-refractivity contribution in [3.8, 4) is 11.3 Å². The Balaban J connectivity index is 1.35. The van der Waals surface area contributed by atoms with E-state index in [9.17, 15) is 9.59 Å². The molecule has 0 spiro atoms. The SMILES string of the molecule is CC(=O)N1CCC(CC(=O)n2ncc3c(-c4ccc5c(c4)CC=C5)nc(N4CCOCC4)nc32)CC1. The van der Waals surface area contributed by atoms with Gasteiger partial charge in [-0.3, -0.25) is 9.59 Å². The molecule has 2 saturated heterocycles. The highest BCUT2D eigenvalue weighted by Gasteiger charge is 2.26. The van der Waals surface area contributed by atoms with Gasteiger partial charge in [-0.2, -0.15) is 14.8 Å². The molecule has 0 saturated carbocycles. The standard InChI is InChI=1S/C27H30N6O3/c1-18(34)31-9-7-19(8-10-31)15-24(35)33-26-23(17-28-33)25(22-6-5-20-3-2-4-21(20)16-22)29-27(30-26)32-11-13-36-14-12-32/h2-3,5-6,16-17,19H,4,7-15H2,1H3. The first-order valence-electron chi connectivity index (χ1n) is 12.7. The molecule has 36 heavy (non-hydrogen) atoms. The van der Waals surface area contributed by atoms with Gasteiger partial charge in [0.1, 0.15) is 0 Å². The fraction of sp³-hybridized carbons (Fsp3) is 0.444. The van der Waals surface area contributed by atoms with Crippen molar-refractivity contribution in [3.63, 3.8) is 0 Å². The molecule has 2 aliphatic heterocycles. The summed E-state index contributed by atoms with van der Waals surface area (Å²) in [5.41, 5.74) is 4.85. The maximum atomic E-state index is 13.4. The number of carbonyl (C=O) groups excluding carboxylic acids is 2. The molecule has 4 heterocycles. The first-order valence-corrected chi connectivity index (χ1v) is 12.7. The number of aromatic nitrogens is 4. The molecule has 3 aromatic rings. The zero-order valence-electron chi connectivity index (χ0n) is 20.5. The number of hydrogen-bond donors (Lipinski definition) is 0. The van der Waals surface area contributed by atoms with Crippen molar-refractivity contribution in [2.24, 2.45) is 5.92 Å². The zero-order chi connectivity index (χ0) is 24.6. The van der Waals surface area contributed by atoms with E-state index >= 15 is 0 Å². The smallest absolute Gasteiger partial charge is 0.249 e. The minimum absolute atomic E-state index is 0.0676. The van der Waals surface area contributed by atoms with Crippen LogP contribution in [0.2, 0.25) is 0 Å². The number of piperidine rings is 1. The molecule has 6 rings (SSSR count). The number of benzene rings is 1. The number of rotatable bonds is 4. The van der Waals surface area contributed by atoms with E-state index in [2.05, 4.69) is 40.3 Å². The molecule has 1 aliphatic carbocycles. The lowest BCUT2D eigenvalue weighted by Crippen LogP contribution is -2.38. The van der Waals surface area contributed by atoms with Crippen molar-refractivity contribution in [2.75, 3.05) is 44.3 Å². The number of ether oxygens (including phenoxy) is 1. The minimum Gasteiger partial charge on any atom is -0.378 e. The topological polar surface area (TPSA) is 93.5 Å². The normalized spacial score (nSPS) is 18.1. The molecule has 9 heteroatoms. The van der Waals surface area contributed by atoms with E-state index in [0.717, 1.165) is 35.9 Å². The highest BCUT2D eigenvalue weighted by Crippen LogP contribution is 2.32. The molecule has 0 radical (unpaired) electrons. The van der Waals surface area contributed by atoms with Crippen molar-refractivity contribution in [1.29, 1.82) is 0 Å². The van der Waals surface area contributed by atoms with Crippen molar-refractivity contribution in [1.82, 2.24) is 24.6 Å². The molecule has 2 fully saturated rings. The summed E-state index contributed by atoms with van der Waals surface area (Å²) in [6, 6.07) is 6.39. The van der Waals surface area contributed by atoms with E-state index < -0.39 is 0 Å². The van der Waals surface area contributed by atoms with Gasteiger partial charge in [0.05, 0.1) is 30.5 Å². The van der Waals surface area contributed by atoms with Crippen molar-refractivity contribution in [2.45, 2.75) is 32.6 Å². The Morgan fingerprint density at radius 3 is 2.67 bits per heavy atom. The van der Waals surface area contributed by atoms with Crippen LogP contribution in [0.4, 0.5) is 5.95 Å². The number of carbonyl (C=O) groups is 2. The fourth-order valence-corrected chi connectivity index (χ4v) is 5.39. The molecule has 1 aromatic carbocycles. The second kappa shape index (κ2) is 9.46. The van der Waals surface area contributed by atoms with E-state index in [1.165, 1.54) is 15.8 Å². The molecular weight excluding hydrogens is 456 g/mol. The van der Waals surface area contributed by atoms with Crippen molar-refractivity contribution >= 4 is 34.9 Å². The van der Waals surface area contributed by atoms with Crippen LogP contribution in [0.25, 0.3) is 28.4 Å². The van der Waals surface area contributed by atoms with E-state index in [4.69, 9.17) is 14.7 Å². The summed E-state index contributed by atoms with van der Waals surface area (Å²) in [6.45, 7) is 5.66. The van der Waals surface area contributed by atoms with Crippen LogP contribution in [-0.2, 0) is 16.0 Å². The van der Waals surface area contributed by atoms with E-state index in [1.807, 2.05) is 4.90 Å². The van der Waals surface area contributed by atoms with Gasteiger partial charge >= 0.3 is 0 Å². The average molecular weight is 487 g/mol. The fourth-order valence-electron chi connectivity index (χ4n) is 5.39. The van der Waals surface area contributed by atoms with E-state index in [-0.39, 0.29) is 17.7 Å². The number of anilines is 1. The average Bonchev–Trinajstić information content (AvgIpc) is 3.55. The highest BCUT2D eigenvalue weighted by molar-refractivity contribution is 5.96. The molecule has 9 nitrogen and oxygen atoms in total. The summed E-state index contributed by atoms with van der Waals surface area (Å²) in [5.74, 6) is 0.863. The second-order valence-corrected chi connectivity index (χ2v) is 9.83. The Hall–Kier alpha value is -3.59. The van der Waals surface area contributed by atoms with Gasteiger partial charge in [0.2, 0.25) is 17.8 Å². The molecule has 186 valence electrons. The van der Waals surface area contributed by atoms with Gasteiger partial charge in [0.15, 0.2) is 5.65 Å². The summed E-state index contributed by atoms with van der Waals surface area (Å²) in [6.07, 6.45) is 8.98. The van der Waals surface area contributed by atoms with Crippen molar-refractivity contribution in [3.05, 3.63) is 41.6 Å². The van der Waals surface area contributed by atoms with Gasteiger partial charge in [-0.15, -0.1) is 0 Å². The Kier molecular flexibility index (Phi) is 6.00. The molecule has 0 unspecified atom stereocenters. The third kappa shape index (κ3) is 4.28. The monoisotopic (exact) mass is 486 g/mol. The molecule has 0 N–H and O–H groups in total. The van der Waals surface area contributed by atoms with Crippen LogP contribution in [0.3, 0.4) is 0 Å². The molecule has 0 bridgehead atoms. The Morgan fingerprint density at radius 1 is 1.08 bits per heavy atom.